The second-order valence-electron chi connectivity index (χ2n) is 10.3. The number of carbonyl (C=O) groups is 2. The van der Waals surface area contributed by atoms with Gasteiger partial charge in [-0.25, -0.2) is 9.59 Å². The number of rotatable bonds is 15. The van der Waals surface area contributed by atoms with E-state index in [-0.39, 0.29) is 0 Å². The summed E-state index contributed by atoms with van der Waals surface area (Å²) >= 11 is 0. The number of hydrogen-bond donors (Lipinski definition) is 2. The zero-order valence-electron chi connectivity index (χ0n) is 25.0. The highest BCUT2D eigenvalue weighted by molar-refractivity contribution is 5.68. The summed E-state index contributed by atoms with van der Waals surface area (Å²) in [6, 6.07) is 10.8. The highest BCUT2D eigenvalue weighted by Gasteiger charge is 2.28. The van der Waals surface area contributed by atoms with Gasteiger partial charge in [-0.1, -0.05) is 12.8 Å². The van der Waals surface area contributed by atoms with E-state index < -0.39 is 23.4 Å². The van der Waals surface area contributed by atoms with Gasteiger partial charge < -0.3 is 39.1 Å². The molecule has 2 N–H and O–H groups in total. The van der Waals surface area contributed by atoms with Crippen molar-refractivity contribution in [2.45, 2.75) is 64.6 Å². The van der Waals surface area contributed by atoms with Crippen molar-refractivity contribution in [3.8, 4) is 23.0 Å². The molecule has 0 saturated heterocycles. The minimum Gasteiger partial charge on any atom is -0.497 e. The van der Waals surface area contributed by atoms with Crippen LogP contribution in [0.15, 0.2) is 36.4 Å². The first-order valence-electron chi connectivity index (χ1n) is 13.3. The topological polar surface area (TPSA) is 114 Å². The summed E-state index contributed by atoms with van der Waals surface area (Å²) in [5.41, 5.74) is -0.230. The monoisotopic (exact) mass is 560 g/mol. The van der Waals surface area contributed by atoms with Crippen LogP contribution in [0.5, 0.6) is 23.0 Å². The Morgan fingerprint density at radius 2 is 0.850 bits per heavy atom. The number of ether oxygens (including phenoxy) is 6. The van der Waals surface area contributed by atoms with Gasteiger partial charge in [-0.05, 0) is 64.8 Å². The van der Waals surface area contributed by atoms with Crippen molar-refractivity contribution in [2.75, 3.05) is 41.5 Å². The number of unbranched alkanes of at least 4 members (excludes halogenated alkanes) is 3. The number of methoxy groups -OCH3 is 4. The molecule has 2 aromatic carbocycles. The minimum absolute atomic E-state index is 0.490. The number of carbonyl (C=O) groups excluding carboxylic acids is 2. The van der Waals surface area contributed by atoms with Crippen LogP contribution >= 0.6 is 0 Å². The first-order valence-corrected chi connectivity index (χ1v) is 13.3. The predicted molar refractivity (Wildman–Crippen MR) is 153 cm³/mol. The third-order valence-corrected chi connectivity index (χ3v) is 6.43. The zero-order chi connectivity index (χ0) is 29.8. The van der Waals surface area contributed by atoms with Gasteiger partial charge >= 0.3 is 12.2 Å². The quantitative estimate of drug-likeness (QED) is 0.259. The van der Waals surface area contributed by atoms with Gasteiger partial charge in [0, 0.05) is 36.3 Å². The number of benzene rings is 2. The SMILES string of the molecule is COc1cc(OC)cc(C(C)(C)OC(=O)NCCCCCCNC(=O)OC(C)(C)c2cc(OC)cc(OC)c2)c1. The molecular formula is C30H44N2O8. The molecule has 0 aromatic heterocycles. The lowest BCUT2D eigenvalue weighted by atomic mass is 9.97. The van der Waals surface area contributed by atoms with E-state index in [9.17, 15) is 9.59 Å². The molecule has 0 aliphatic carbocycles. The van der Waals surface area contributed by atoms with Crippen molar-refractivity contribution in [1.82, 2.24) is 10.6 Å². The Kier molecular flexibility index (Phi) is 12.2. The van der Waals surface area contributed by atoms with Gasteiger partial charge in [-0.15, -0.1) is 0 Å². The van der Waals surface area contributed by atoms with Crippen molar-refractivity contribution < 1.29 is 38.0 Å². The second-order valence-corrected chi connectivity index (χ2v) is 10.3. The van der Waals surface area contributed by atoms with E-state index in [1.165, 1.54) is 0 Å². The fourth-order valence-corrected chi connectivity index (χ4v) is 3.95. The summed E-state index contributed by atoms with van der Waals surface area (Å²) in [5, 5.41) is 5.60. The molecule has 40 heavy (non-hydrogen) atoms. The minimum atomic E-state index is -0.876. The fraction of sp³-hybridized carbons (Fsp3) is 0.533. The molecule has 0 radical (unpaired) electrons. The van der Waals surface area contributed by atoms with Crippen LogP contribution in [-0.4, -0.2) is 53.7 Å². The van der Waals surface area contributed by atoms with Gasteiger partial charge in [0.25, 0.3) is 0 Å². The largest absolute Gasteiger partial charge is 0.497 e. The lowest BCUT2D eigenvalue weighted by Gasteiger charge is -2.26. The van der Waals surface area contributed by atoms with Crippen molar-refractivity contribution in [3.05, 3.63) is 47.5 Å². The number of hydrogen-bond acceptors (Lipinski definition) is 8. The predicted octanol–water partition coefficient (Wildman–Crippen LogP) is 5.90. The van der Waals surface area contributed by atoms with E-state index >= 15 is 0 Å². The molecule has 2 amide bonds. The summed E-state index contributed by atoms with van der Waals surface area (Å²) in [7, 11) is 6.29. The van der Waals surface area contributed by atoms with Crippen LogP contribution in [0, 0.1) is 0 Å². The molecule has 0 unspecified atom stereocenters. The molecule has 0 aliphatic heterocycles. The van der Waals surface area contributed by atoms with Gasteiger partial charge in [0.05, 0.1) is 28.4 Å². The average molecular weight is 561 g/mol. The van der Waals surface area contributed by atoms with Gasteiger partial charge in [0.15, 0.2) is 0 Å². The van der Waals surface area contributed by atoms with Crippen molar-refractivity contribution in [2.24, 2.45) is 0 Å². The third-order valence-electron chi connectivity index (χ3n) is 6.43. The van der Waals surface area contributed by atoms with Gasteiger partial charge in [0.1, 0.15) is 34.2 Å². The van der Waals surface area contributed by atoms with E-state index in [2.05, 4.69) is 10.6 Å². The number of alkyl carbamates (subject to hydrolysis) is 2. The Balaban J connectivity index is 1.66. The molecule has 10 heteroatoms. The molecule has 0 atom stereocenters. The van der Waals surface area contributed by atoms with E-state index in [4.69, 9.17) is 28.4 Å². The molecule has 0 bridgehead atoms. The Hall–Kier alpha value is -3.82. The summed E-state index contributed by atoms with van der Waals surface area (Å²) in [5.74, 6) is 2.48. The van der Waals surface area contributed by atoms with Gasteiger partial charge in [-0.3, -0.25) is 0 Å². The number of nitrogens with one attached hydrogen (secondary N) is 2. The van der Waals surface area contributed by atoms with Crippen molar-refractivity contribution in [1.29, 1.82) is 0 Å². The molecule has 0 saturated carbocycles. The molecule has 2 rings (SSSR count). The molecular weight excluding hydrogens is 516 g/mol. The first kappa shape index (κ1) is 32.4. The summed E-state index contributed by atoms with van der Waals surface area (Å²) in [4.78, 5) is 24.7. The maximum atomic E-state index is 12.4. The number of amides is 2. The smallest absolute Gasteiger partial charge is 0.408 e. The third kappa shape index (κ3) is 10.1. The second kappa shape index (κ2) is 15.1. The van der Waals surface area contributed by atoms with E-state index in [1.54, 1.807) is 40.6 Å². The molecule has 0 spiro atoms. The molecule has 10 nitrogen and oxygen atoms in total. The summed E-state index contributed by atoms with van der Waals surface area (Å²) < 4.78 is 32.6. The summed E-state index contributed by atoms with van der Waals surface area (Å²) in [6.45, 7) is 8.23. The van der Waals surface area contributed by atoms with E-state index in [1.807, 2.05) is 52.0 Å². The molecule has 0 heterocycles. The van der Waals surface area contributed by atoms with E-state index in [0.29, 0.717) is 36.1 Å². The van der Waals surface area contributed by atoms with Crippen LogP contribution in [0.4, 0.5) is 9.59 Å². The lowest BCUT2D eigenvalue weighted by Crippen LogP contribution is -2.34. The normalized spacial score (nSPS) is 11.3. The summed E-state index contributed by atoms with van der Waals surface area (Å²) in [6.07, 6.45) is 2.38. The Bertz CT molecular complexity index is 985. The molecule has 222 valence electrons. The average Bonchev–Trinajstić information content (AvgIpc) is 2.93. The van der Waals surface area contributed by atoms with Gasteiger partial charge in [-0.2, -0.15) is 0 Å². The highest BCUT2D eigenvalue weighted by Crippen LogP contribution is 2.33. The Morgan fingerprint density at radius 3 is 1.12 bits per heavy atom. The first-order chi connectivity index (χ1) is 18.9. The lowest BCUT2D eigenvalue weighted by molar-refractivity contribution is 0.0350. The van der Waals surface area contributed by atoms with Gasteiger partial charge in [0.2, 0.25) is 0 Å². The standard InChI is InChI=1S/C30H44N2O8/c1-29(2,21-15-23(35-5)19-24(16-21)36-6)39-27(33)31-13-11-9-10-12-14-32-28(34)40-30(3,4)22-17-25(37-7)20-26(18-22)38-8/h15-20H,9-14H2,1-8H3,(H,31,33)(H,32,34). The Labute approximate surface area is 237 Å². The maximum Gasteiger partial charge on any atom is 0.408 e. The zero-order valence-corrected chi connectivity index (χ0v) is 25.0. The maximum absolute atomic E-state index is 12.4. The fourth-order valence-electron chi connectivity index (χ4n) is 3.95. The molecule has 0 fully saturated rings. The Morgan fingerprint density at radius 1 is 0.550 bits per heavy atom. The van der Waals surface area contributed by atoms with E-state index in [0.717, 1.165) is 36.8 Å². The van der Waals surface area contributed by atoms with Crippen LogP contribution in [0.2, 0.25) is 0 Å². The van der Waals surface area contributed by atoms with Crippen LogP contribution in [0.3, 0.4) is 0 Å². The van der Waals surface area contributed by atoms with Crippen LogP contribution < -0.4 is 29.6 Å². The van der Waals surface area contributed by atoms with Crippen LogP contribution in [0.25, 0.3) is 0 Å². The van der Waals surface area contributed by atoms with Crippen molar-refractivity contribution in [3.63, 3.8) is 0 Å². The molecule has 0 aliphatic rings. The highest BCUT2D eigenvalue weighted by atomic mass is 16.6. The van der Waals surface area contributed by atoms with Crippen LogP contribution in [-0.2, 0) is 20.7 Å². The van der Waals surface area contributed by atoms with Crippen LogP contribution in [0.1, 0.15) is 64.5 Å². The molecule has 2 aromatic rings. The van der Waals surface area contributed by atoms with Crippen molar-refractivity contribution >= 4 is 12.2 Å².